The highest BCUT2D eigenvalue weighted by Crippen LogP contribution is 2.06. The van der Waals surface area contributed by atoms with Crippen LogP contribution in [0.15, 0.2) is 0 Å². The zero-order valence-electron chi connectivity index (χ0n) is 7.51. The molecular weight excluding hydrogens is 188 g/mol. The fourth-order valence-corrected chi connectivity index (χ4v) is 1.24. The molecule has 0 heterocycles. The minimum absolute atomic E-state index is 0.0968. The third kappa shape index (κ3) is 6.68. The van der Waals surface area contributed by atoms with Gasteiger partial charge in [0.2, 0.25) is 0 Å². The Morgan fingerprint density at radius 1 is 1.08 bits per heavy atom. The molecule has 70 valence electrons. The molecule has 1 N–H and O–H groups in total. The van der Waals surface area contributed by atoms with Gasteiger partial charge in [0, 0.05) is 0 Å². The molecule has 0 aliphatic carbocycles. The normalized spacial score (nSPS) is 9.75. The second-order valence-corrected chi connectivity index (χ2v) is 3.77. The quantitative estimate of drug-likeness (QED) is 0.505. The van der Waals surface area contributed by atoms with Crippen molar-refractivity contribution < 1.29 is 5.11 Å². The van der Waals surface area contributed by atoms with Gasteiger partial charge < -0.3 is 5.11 Å². The molecule has 0 saturated heterocycles. The third-order valence-corrected chi connectivity index (χ3v) is 2.52. The summed E-state index contributed by atoms with van der Waals surface area (Å²) in [6.45, 7) is 2.19. The van der Waals surface area contributed by atoms with Crippen LogP contribution in [0, 0.1) is 0 Å². The topological polar surface area (TPSA) is 20.2 Å². The van der Waals surface area contributed by atoms with Crippen molar-refractivity contribution in [3.05, 3.63) is 0 Å². The second-order valence-electron chi connectivity index (χ2n) is 2.89. The van der Waals surface area contributed by atoms with Gasteiger partial charge in [-0.3, -0.25) is 0 Å². The molecule has 0 atom stereocenters. The van der Waals surface area contributed by atoms with Crippen molar-refractivity contribution in [3.63, 3.8) is 0 Å². The van der Waals surface area contributed by atoms with Gasteiger partial charge in [-0.2, -0.15) is 0 Å². The first-order valence-corrected chi connectivity index (χ1v) is 5.26. The molecular formula is C9H16OS2. The van der Waals surface area contributed by atoms with Crippen LogP contribution in [0.4, 0.5) is 0 Å². The van der Waals surface area contributed by atoms with Crippen LogP contribution in [0.1, 0.15) is 45.4 Å². The number of aliphatic hydroxyl groups excluding tert-OH is 1. The molecule has 0 amide bonds. The van der Waals surface area contributed by atoms with Crippen LogP contribution in [-0.2, 0) is 0 Å². The highest BCUT2D eigenvalue weighted by molar-refractivity contribution is 7.89. The zero-order chi connectivity index (χ0) is 9.40. The standard InChI is InChI=1S/C9H16OS2/c1-2-3-4-5-6-7-8(11)9(10)12/h2-7H2,1H3,(H,10,12). The summed E-state index contributed by atoms with van der Waals surface area (Å²) in [5, 5.41) is 8.72. The molecule has 0 aliphatic rings. The van der Waals surface area contributed by atoms with Crippen LogP contribution in [0.3, 0.4) is 0 Å². The number of rotatable bonds is 7. The minimum atomic E-state index is -0.0968. The lowest BCUT2D eigenvalue weighted by atomic mass is 10.1. The van der Waals surface area contributed by atoms with Crippen LogP contribution in [0.5, 0.6) is 0 Å². The summed E-state index contributed by atoms with van der Waals surface area (Å²) in [7, 11) is 0. The molecule has 1 nitrogen and oxygen atoms in total. The van der Waals surface area contributed by atoms with Gasteiger partial charge in [-0.05, 0) is 25.1 Å². The number of hydrogen-bond acceptors (Lipinski definition) is 2. The Balaban J connectivity index is 3.20. The Labute approximate surface area is 85.2 Å². The number of thiocarbonyl (C=S) groups is 2. The molecule has 3 heteroatoms. The van der Waals surface area contributed by atoms with Crippen LogP contribution in [0.2, 0.25) is 0 Å². The SMILES string of the molecule is CCCCCCCC(=S)C(O)=S. The fraction of sp³-hybridized carbons (Fsp3) is 0.778. The van der Waals surface area contributed by atoms with Gasteiger partial charge in [0.15, 0.2) is 5.05 Å². The molecule has 0 unspecified atom stereocenters. The molecule has 0 aromatic carbocycles. The first-order chi connectivity index (χ1) is 5.68. The molecule has 0 saturated carbocycles. The van der Waals surface area contributed by atoms with Crippen molar-refractivity contribution in [1.82, 2.24) is 0 Å². The molecule has 0 fully saturated rings. The maximum absolute atomic E-state index is 8.81. The molecule has 0 rings (SSSR count). The van der Waals surface area contributed by atoms with Crippen molar-refractivity contribution in [3.8, 4) is 0 Å². The number of aliphatic hydroxyl groups is 1. The van der Waals surface area contributed by atoms with E-state index in [9.17, 15) is 0 Å². The summed E-state index contributed by atoms with van der Waals surface area (Å²) in [5.41, 5.74) is 0. The lowest BCUT2D eigenvalue weighted by molar-refractivity contribution is 0.577. The zero-order valence-corrected chi connectivity index (χ0v) is 9.14. The summed E-state index contributed by atoms with van der Waals surface area (Å²) >= 11 is 9.40. The summed E-state index contributed by atoms with van der Waals surface area (Å²) in [6.07, 6.45) is 6.82. The van der Waals surface area contributed by atoms with E-state index in [-0.39, 0.29) is 5.05 Å². The largest absolute Gasteiger partial charge is 0.498 e. The Hall–Kier alpha value is -0.0200. The van der Waals surface area contributed by atoms with E-state index in [0.29, 0.717) is 4.86 Å². The van der Waals surface area contributed by atoms with Gasteiger partial charge in [0.1, 0.15) is 0 Å². The lowest BCUT2D eigenvalue weighted by Gasteiger charge is -1.99. The lowest BCUT2D eigenvalue weighted by Crippen LogP contribution is -2.06. The van der Waals surface area contributed by atoms with Gasteiger partial charge >= 0.3 is 0 Å². The van der Waals surface area contributed by atoms with E-state index in [1.807, 2.05) is 0 Å². The average molecular weight is 204 g/mol. The number of hydrogen-bond donors (Lipinski definition) is 1. The first-order valence-electron chi connectivity index (χ1n) is 4.44. The molecule has 0 bridgehead atoms. The predicted octanol–water partition coefficient (Wildman–Crippen LogP) is 3.60. The maximum Gasteiger partial charge on any atom is 0.195 e. The van der Waals surface area contributed by atoms with Crippen LogP contribution < -0.4 is 0 Å². The molecule has 12 heavy (non-hydrogen) atoms. The van der Waals surface area contributed by atoms with Crippen LogP contribution in [0.25, 0.3) is 0 Å². The van der Waals surface area contributed by atoms with Crippen molar-refractivity contribution in [1.29, 1.82) is 0 Å². The molecule has 0 aliphatic heterocycles. The van der Waals surface area contributed by atoms with Gasteiger partial charge in [-0.15, -0.1) is 0 Å². The highest BCUT2D eigenvalue weighted by atomic mass is 32.1. The first kappa shape index (κ1) is 12.0. The van der Waals surface area contributed by atoms with Crippen LogP contribution >= 0.6 is 24.4 Å². The van der Waals surface area contributed by atoms with Gasteiger partial charge in [0.05, 0.1) is 4.86 Å². The Morgan fingerprint density at radius 2 is 1.67 bits per heavy atom. The van der Waals surface area contributed by atoms with E-state index in [0.717, 1.165) is 12.8 Å². The van der Waals surface area contributed by atoms with E-state index >= 15 is 0 Å². The second kappa shape index (κ2) is 7.62. The van der Waals surface area contributed by atoms with Crippen molar-refractivity contribution in [2.24, 2.45) is 0 Å². The average Bonchev–Trinajstić information content (AvgIpc) is 2.03. The number of unbranched alkanes of at least 4 members (excludes halogenated alkanes) is 4. The monoisotopic (exact) mass is 204 g/mol. The molecule has 0 aromatic rings. The van der Waals surface area contributed by atoms with Gasteiger partial charge in [0.25, 0.3) is 0 Å². The van der Waals surface area contributed by atoms with E-state index in [1.165, 1.54) is 25.7 Å². The van der Waals surface area contributed by atoms with Crippen molar-refractivity contribution in [2.45, 2.75) is 45.4 Å². The van der Waals surface area contributed by atoms with Crippen LogP contribution in [-0.4, -0.2) is 15.0 Å². The van der Waals surface area contributed by atoms with Crippen molar-refractivity contribution >= 4 is 34.4 Å². The van der Waals surface area contributed by atoms with Crippen molar-refractivity contribution in [2.75, 3.05) is 0 Å². The highest BCUT2D eigenvalue weighted by Gasteiger charge is 2.00. The fourth-order valence-electron chi connectivity index (χ4n) is 0.996. The van der Waals surface area contributed by atoms with E-state index < -0.39 is 0 Å². The summed E-state index contributed by atoms with van der Waals surface area (Å²) in [5.74, 6) is 0. The van der Waals surface area contributed by atoms with Gasteiger partial charge in [-0.25, -0.2) is 0 Å². The van der Waals surface area contributed by atoms with E-state index in [1.54, 1.807) is 0 Å². The summed E-state index contributed by atoms with van der Waals surface area (Å²) in [4.78, 5) is 0.543. The third-order valence-electron chi connectivity index (χ3n) is 1.75. The molecule has 0 aromatic heterocycles. The Morgan fingerprint density at radius 3 is 2.17 bits per heavy atom. The summed E-state index contributed by atoms with van der Waals surface area (Å²) in [6, 6.07) is 0. The predicted molar refractivity (Wildman–Crippen MR) is 61.2 cm³/mol. The van der Waals surface area contributed by atoms with E-state index in [2.05, 4.69) is 19.1 Å². The molecule has 0 spiro atoms. The summed E-state index contributed by atoms with van der Waals surface area (Å²) < 4.78 is 0. The Bertz CT molecular complexity index is 155. The minimum Gasteiger partial charge on any atom is -0.498 e. The molecule has 0 radical (unpaired) electrons. The van der Waals surface area contributed by atoms with Gasteiger partial charge in [-0.1, -0.05) is 44.8 Å². The Kier molecular flexibility index (Phi) is 7.61. The van der Waals surface area contributed by atoms with E-state index in [4.69, 9.17) is 17.3 Å². The smallest absolute Gasteiger partial charge is 0.195 e. The maximum atomic E-state index is 8.81.